The second kappa shape index (κ2) is 7.75. The number of rotatable bonds is 3. The zero-order valence-corrected chi connectivity index (χ0v) is 19.0. The molecular formula is C22H18ClN3O5S. The zero-order valence-electron chi connectivity index (χ0n) is 17.4. The fourth-order valence-corrected chi connectivity index (χ4v) is 5.01. The molecule has 0 saturated carbocycles. The summed E-state index contributed by atoms with van der Waals surface area (Å²) in [6.07, 6.45) is 0. The van der Waals surface area contributed by atoms with Gasteiger partial charge in [-0.2, -0.15) is 5.10 Å². The van der Waals surface area contributed by atoms with E-state index in [0.717, 1.165) is 0 Å². The van der Waals surface area contributed by atoms with Crippen LogP contribution in [-0.2, 0) is 0 Å². The predicted molar refractivity (Wildman–Crippen MR) is 123 cm³/mol. The molecule has 32 heavy (non-hydrogen) atoms. The molecule has 164 valence electrons. The molecule has 0 radical (unpaired) electrons. The van der Waals surface area contributed by atoms with E-state index < -0.39 is 11.9 Å². The van der Waals surface area contributed by atoms with E-state index in [-0.39, 0.29) is 16.8 Å². The maximum absolute atomic E-state index is 13.6. The largest absolute Gasteiger partial charge is 0.493 e. The summed E-state index contributed by atoms with van der Waals surface area (Å²) < 4.78 is 16.7. The summed E-state index contributed by atoms with van der Waals surface area (Å²) in [6, 6.07) is 9.32. The predicted octanol–water partition coefficient (Wildman–Crippen LogP) is 3.92. The van der Waals surface area contributed by atoms with Gasteiger partial charge in [-0.3, -0.25) is 19.5 Å². The second-order valence-electron chi connectivity index (χ2n) is 7.32. The van der Waals surface area contributed by atoms with Crippen LogP contribution in [0.25, 0.3) is 11.0 Å². The molecule has 1 atom stereocenters. The number of ether oxygens (including phenoxy) is 2. The Kier molecular flexibility index (Phi) is 5.02. The molecular weight excluding hydrogens is 454 g/mol. The number of amides is 1. The Morgan fingerprint density at radius 1 is 1.12 bits per heavy atom. The summed E-state index contributed by atoms with van der Waals surface area (Å²) in [4.78, 5) is 28.6. The molecule has 3 heterocycles. The molecule has 2 aliphatic heterocycles. The Labute approximate surface area is 192 Å². The van der Waals surface area contributed by atoms with Gasteiger partial charge in [0.25, 0.3) is 5.91 Å². The molecule has 0 spiro atoms. The van der Waals surface area contributed by atoms with Crippen LogP contribution in [0, 0.1) is 0 Å². The third-order valence-electron chi connectivity index (χ3n) is 5.40. The van der Waals surface area contributed by atoms with Gasteiger partial charge >= 0.3 is 0 Å². The monoisotopic (exact) mass is 471 g/mol. The maximum Gasteiger partial charge on any atom is 0.297 e. The molecule has 0 aliphatic carbocycles. The summed E-state index contributed by atoms with van der Waals surface area (Å²) in [6.45, 7) is 0. The van der Waals surface area contributed by atoms with E-state index in [2.05, 4.69) is 5.10 Å². The van der Waals surface area contributed by atoms with Crippen molar-refractivity contribution < 1.29 is 18.7 Å². The highest BCUT2D eigenvalue weighted by Crippen LogP contribution is 2.43. The summed E-state index contributed by atoms with van der Waals surface area (Å²) >= 11 is 7.54. The average molecular weight is 472 g/mol. The standard InChI is InChI=1S/C22H18ClN3O5S/c1-25-10-32-22(24-25)26-18(11-4-6-15(29-2)16(8-11)30-3)17-19(27)13-9-12(23)5-7-14(13)31-20(17)21(26)28/h4-9,18H,10H2,1-3H3. The number of methoxy groups -OCH3 is 2. The van der Waals surface area contributed by atoms with Gasteiger partial charge in [0, 0.05) is 12.1 Å². The number of thioether (sulfide) groups is 1. The van der Waals surface area contributed by atoms with Crippen molar-refractivity contribution in [2.75, 3.05) is 27.1 Å². The normalized spacial score (nSPS) is 17.7. The number of nitrogens with zero attached hydrogens (tertiary/aromatic N) is 3. The summed E-state index contributed by atoms with van der Waals surface area (Å²) in [5.74, 6) is 1.19. The van der Waals surface area contributed by atoms with Gasteiger partial charge in [-0.1, -0.05) is 29.4 Å². The third kappa shape index (κ3) is 3.11. The molecule has 2 aliphatic rings. The molecule has 2 aromatic carbocycles. The number of hydrogen-bond donors (Lipinski definition) is 0. The number of carbonyl (C=O) groups excluding carboxylic acids is 1. The molecule has 0 saturated heterocycles. The van der Waals surface area contributed by atoms with Crippen molar-refractivity contribution in [1.82, 2.24) is 9.91 Å². The molecule has 1 amide bonds. The molecule has 1 aromatic heterocycles. The van der Waals surface area contributed by atoms with Crippen LogP contribution in [0.15, 0.2) is 50.7 Å². The number of halogens is 1. The Balaban J connectivity index is 1.79. The summed E-state index contributed by atoms with van der Waals surface area (Å²) in [5, 5.41) is 7.41. The number of carbonyl (C=O) groups is 1. The first-order valence-electron chi connectivity index (χ1n) is 9.67. The first kappa shape index (κ1) is 20.7. The van der Waals surface area contributed by atoms with Gasteiger partial charge in [-0.05, 0) is 35.9 Å². The number of hydrazone groups is 1. The van der Waals surface area contributed by atoms with Crippen molar-refractivity contribution in [2.45, 2.75) is 6.04 Å². The molecule has 1 unspecified atom stereocenters. The van der Waals surface area contributed by atoms with Crippen molar-refractivity contribution in [2.24, 2.45) is 5.10 Å². The van der Waals surface area contributed by atoms with Gasteiger partial charge in [0.2, 0.25) is 5.76 Å². The van der Waals surface area contributed by atoms with Crippen LogP contribution in [0.2, 0.25) is 5.02 Å². The van der Waals surface area contributed by atoms with Gasteiger partial charge in [-0.25, -0.2) is 0 Å². The lowest BCUT2D eigenvalue weighted by atomic mass is 9.98. The lowest BCUT2D eigenvalue weighted by Gasteiger charge is -2.24. The minimum Gasteiger partial charge on any atom is -0.493 e. The average Bonchev–Trinajstić information content (AvgIpc) is 3.34. The van der Waals surface area contributed by atoms with E-state index in [1.54, 1.807) is 48.5 Å². The molecule has 0 bridgehead atoms. The molecule has 5 rings (SSSR count). The highest BCUT2D eigenvalue weighted by Gasteiger charge is 2.46. The van der Waals surface area contributed by atoms with Crippen molar-refractivity contribution in [3.05, 3.63) is 68.5 Å². The van der Waals surface area contributed by atoms with E-state index in [9.17, 15) is 9.59 Å². The highest BCUT2D eigenvalue weighted by atomic mass is 35.5. The maximum atomic E-state index is 13.6. The van der Waals surface area contributed by atoms with Crippen molar-refractivity contribution >= 4 is 45.4 Å². The second-order valence-corrected chi connectivity index (χ2v) is 8.67. The fourth-order valence-electron chi connectivity index (χ4n) is 3.95. The van der Waals surface area contributed by atoms with Gasteiger partial charge in [0.15, 0.2) is 22.1 Å². The van der Waals surface area contributed by atoms with E-state index >= 15 is 0 Å². The third-order valence-corrected chi connectivity index (χ3v) is 6.67. The molecule has 3 aromatic rings. The topological polar surface area (TPSA) is 84.6 Å². The Morgan fingerprint density at radius 3 is 2.59 bits per heavy atom. The van der Waals surface area contributed by atoms with Gasteiger partial charge in [0.05, 0.1) is 37.1 Å². The summed E-state index contributed by atoms with van der Waals surface area (Å²) in [7, 11) is 4.89. The Hall–Kier alpha value is -3.17. The number of hydrogen-bond acceptors (Lipinski definition) is 8. The lowest BCUT2D eigenvalue weighted by Crippen LogP contribution is -2.33. The first-order chi connectivity index (χ1) is 15.4. The number of fused-ring (bicyclic) bond motifs is 2. The Bertz CT molecular complexity index is 1360. The lowest BCUT2D eigenvalue weighted by molar-refractivity contribution is 0.0829. The fraction of sp³-hybridized carbons (Fsp3) is 0.227. The van der Waals surface area contributed by atoms with E-state index in [0.29, 0.717) is 44.1 Å². The van der Waals surface area contributed by atoms with Crippen molar-refractivity contribution in [3.8, 4) is 11.5 Å². The van der Waals surface area contributed by atoms with Crippen LogP contribution in [0.5, 0.6) is 11.5 Å². The number of amidine groups is 1. The van der Waals surface area contributed by atoms with E-state index in [1.165, 1.54) is 23.8 Å². The Morgan fingerprint density at radius 2 is 1.91 bits per heavy atom. The van der Waals surface area contributed by atoms with Crippen LogP contribution in [0.1, 0.15) is 27.7 Å². The van der Waals surface area contributed by atoms with Gasteiger partial charge in [0.1, 0.15) is 5.58 Å². The molecule has 8 nitrogen and oxygen atoms in total. The van der Waals surface area contributed by atoms with Crippen LogP contribution >= 0.6 is 23.4 Å². The minimum atomic E-state index is -0.741. The first-order valence-corrected chi connectivity index (χ1v) is 11.0. The van der Waals surface area contributed by atoms with E-state index in [1.807, 2.05) is 7.05 Å². The molecule has 0 N–H and O–H groups in total. The quantitative estimate of drug-likeness (QED) is 0.572. The SMILES string of the molecule is COc1ccc(C2c3c(oc4ccc(Cl)cc4c3=O)C(=O)N2C2=NN(C)CS2)cc1OC. The molecule has 10 heteroatoms. The van der Waals surface area contributed by atoms with E-state index in [4.69, 9.17) is 25.5 Å². The number of benzene rings is 2. The van der Waals surface area contributed by atoms with Crippen LogP contribution in [0.3, 0.4) is 0 Å². The van der Waals surface area contributed by atoms with Gasteiger partial charge in [-0.15, -0.1) is 0 Å². The van der Waals surface area contributed by atoms with Gasteiger partial charge < -0.3 is 13.9 Å². The van der Waals surface area contributed by atoms with Crippen molar-refractivity contribution in [3.63, 3.8) is 0 Å². The zero-order chi connectivity index (χ0) is 22.6. The van der Waals surface area contributed by atoms with Crippen molar-refractivity contribution in [1.29, 1.82) is 0 Å². The summed E-state index contributed by atoms with van der Waals surface area (Å²) in [5.41, 5.74) is 0.907. The van der Waals surface area contributed by atoms with Crippen LogP contribution < -0.4 is 14.9 Å². The highest BCUT2D eigenvalue weighted by molar-refractivity contribution is 8.14. The minimum absolute atomic E-state index is 0.00228. The molecule has 0 fully saturated rings. The van der Waals surface area contributed by atoms with Crippen LogP contribution in [-0.4, -0.2) is 48.1 Å². The van der Waals surface area contributed by atoms with Crippen LogP contribution in [0.4, 0.5) is 0 Å². The smallest absolute Gasteiger partial charge is 0.297 e.